The number of methoxy groups -OCH3 is 1. The molecule has 1 N–H and O–H groups in total. The van der Waals surface area contributed by atoms with Crippen molar-refractivity contribution in [3.63, 3.8) is 0 Å². The summed E-state index contributed by atoms with van der Waals surface area (Å²) in [4.78, 5) is 1.38. The van der Waals surface area contributed by atoms with Crippen molar-refractivity contribution in [2.75, 3.05) is 34.4 Å². The van der Waals surface area contributed by atoms with Crippen LogP contribution in [0.5, 0.6) is 11.5 Å². The quantitative estimate of drug-likeness (QED) is 0.712. The van der Waals surface area contributed by atoms with E-state index in [1.807, 2.05) is 24.3 Å². The minimum absolute atomic E-state index is 0.721. The van der Waals surface area contributed by atoms with Crippen molar-refractivity contribution in [3.05, 3.63) is 36.4 Å². The van der Waals surface area contributed by atoms with Crippen molar-refractivity contribution in [2.45, 2.75) is 6.42 Å². The Hall–Kier alpha value is -1.48. The summed E-state index contributed by atoms with van der Waals surface area (Å²) in [6.07, 6.45) is 2.67. The fourth-order valence-electron chi connectivity index (χ4n) is 1.50. The minimum atomic E-state index is 0.721. The molecule has 0 bridgehead atoms. The van der Waals surface area contributed by atoms with Gasteiger partial charge in [0.25, 0.3) is 0 Å². The maximum absolute atomic E-state index is 5.78. The van der Waals surface area contributed by atoms with E-state index >= 15 is 0 Å². The van der Waals surface area contributed by atoms with E-state index in [0.29, 0.717) is 0 Å². The van der Waals surface area contributed by atoms with Crippen molar-refractivity contribution in [2.24, 2.45) is 0 Å². The number of hydrogen-bond donors (Lipinski definition) is 1. The molecular weight excluding hydrogens is 214 g/mol. The Morgan fingerprint density at radius 3 is 2.71 bits per heavy atom. The number of hydrogen-bond acceptors (Lipinski definition) is 2. The molecule has 0 fully saturated rings. The third kappa shape index (κ3) is 4.49. The van der Waals surface area contributed by atoms with Crippen LogP contribution in [-0.2, 0) is 6.42 Å². The van der Waals surface area contributed by atoms with Crippen LogP contribution in [-0.4, -0.2) is 34.4 Å². The van der Waals surface area contributed by atoms with Gasteiger partial charge in [0.1, 0.15) is 24.7 Å². The summed E-state index contributed by atoms with van der Waals surface area (Å²) in [7, 11) is 5.90. The van der Waals surface area contributed by atoms with E-state index in [1.54, 1.807) is 7.11 Å². The largest absolute Gasteiger partial charge is 0.497 e. The molecule has 0 atom stereocenters. The Balaban J connectivity index is 2.71. The van der Waals surface area contributed by atoms with Gasteiger partial charge in [-0.05, 0) is 24.6 Å². The van der Waals surface area contributed by atoms with Crippen molar-refractivity contribution in [1.29, 1.82) is 0 Å². The summed E-state index contributed by atoms with van der Waals surface area (Å²) in [5.41, 5.74) is 1.12. The Bertz CT molecular complexity index is 361. The van der Waals surface area contributed by atoms with Gasteiger partial charge in [0.05, 0.1) is 21.2 Å². The SMILES string of the molecule is C=CCc1cc(OC)ccc1OCC[NH+](C)C. The molecule has 0 saturated heterocycles. The molecule has 1 aromatic rings. The Labute approximate surface area is 104 Å². The lowest BCUT2D eigenvalue weighted by molar-refractivity contribution is -0.858. The maximum atomic E-state index is 5.78. The van der Waals surface area contributed by atoms with Crippen molar-refractivity contribution < 1.29 is 14.4 Å². The zero-order chi connectivity index (χ0) is 12.7. The highest BCUT2D eigenvalue weighted by Crippen LogP contribution is 2.24. The van der Waals surface area contributed by atoms with Gasteiger partial charge in [-0.3, -0.25) is 0 Å². The molecular formula is C14H22NO2+. The van der Waals surface area contributed by atoms with Crippen LogP contribution in [0.4, 0.5) is 0 Å². The van der Waals surface area contributed by atoms with E-state index in [4.69, 9.17) is 9.47 Å². The summed E-state index contributed by atoms with van der Waals surface area (Å²) < 4.78 is 11.0. The molecule has 1 aromatic carbocycles. The number of likely N-dealkylation sites (N-methyl/N-ethyl adjacent to an activating group) is 1. The average molecular weight is 236 g/mol. The second kappa shape index (κ2) is 6.97. The molecule has 0 heterocycles. The molecule has 0 aliphatic carbocycles. The Morgan fingerprint density at radius 1 is 1.35 bits per heavy atom. The van der Waals surface area contributed by atoms with E-state index in [1.165, 1.54) is 4.90 Å². The van der Waals surface area contributed by atoms with Gasteiger partial charge < -0.3 is 14.4 Å². The molecule has 0 spiro atoms. The highest BCUT2D eigenvalue weighted by molar-refractivity contribution is 5.41. The van der Waals surface area contributed by atoms with Crippen LogP contribution in [0.15, 0.2) is 30.9 Å². The first-order valence-corrected chi connectivity index (χ1v) is 5.87. The van der Waals surface area contributed by atoms with Gasteiger partial charge >= 0.3 is 0 Å². The first-order chi connectivity index (χ1) is 8.17. The van der Waals surface area contributed by atoms with Crippen LogP contribution in [0.1, 0.15) is 5.56 Å². The van der Waals surface area contributed by atoms with Crippen molar-refractivity contribution >= 4 is 0 Å². The van der Waals surface area contributed by atoms with Gasteiger partial charge in [0, 0.05) is 5.56 Å². The minimum Gasteiger partial charge on any atom is -0.497 e. The third-order valence-corrected chi connectivity index (χ3v) is 2.49. The molecule has 0 radical (unpaired) electrons. The second-order valence-corrected chi connectivity index (χ2v) is 4.27. The normalized spacial score (nSPS) is 10.4. The summed E-state index contributed by atoms with van der Waals surface area (Å²) in [6, 6.07) is 5.88. The van der Waals surface area contributed by atoms with Crippen molar-refractivity contribution in [1.82, 2.24) is 0 Å². The van der Waals surface area contributed by atoms with E-state index < -0.39 is 0 Å². The summed E-state index contributed by atoms with van der Waals surface area (Å²) in [5, 5.41) is 0. The lowest BCUT2D eigenvalue weighted by Crippen LogP contribution is -3.06. The summed E-state index contributed by atoms with van der Waals surface area (Å²) >= 11 is 0. The van der Waals surface area contributed by atoms with Gasteiger partial charge in [-0.1, -0.05) is 6.08 Å². The van der Waals surface area contributed by atoms with Crippen LogP contribution in [0.25, 0.3) is 0 Å². The van der Waals surface area contributed by atoms with E-state index in [-0.39, 0.29) is 0 Å². The molecule has 0 aromatic heterocycles. The molecule has 17 heavy (non-hydrogen) atoms. The fraction of sp³-hybridized carbons (Fsp3) is 0.429. The van der Waals surface area contributed by atoms with E-state index in [9.17, 15) is 0 Å². The third-order valence-electron chi connectivity index (χ3n) is 2.49. The van der Waals surface area contributed by atoms with E-state index in [2.05, 4.69) is 20.7 Å². The lowest BCUT2D eigenvalue weighted by Gasteiger charge is -2.13. The second-order valence-electron chi connectivity index (χ2n) is 4.27. The highest BCUT2D eigenvalue weighted by Gasteiger charge is 2.05. The predicted octanol–water partition coefficient (Wildman–Crippen LogP) is 0.947. The van der Waals surface area contributed by atoms with E-state index in [0.717, 1.165) is 36.6 Å². The Morgan fingerprint density at radius 2 is 2.12 bits per heavy atom. The first kappa shape index (κ1) is 13.6. The smallest absolute Gasteiger partial charge is 0.137 e. The average Bonchev–Trinajstić information content (AvgIpc) is 2.31. The monoisotopic (exact) mass is 236 g/mol. The number of ether oxygens (including phenoxy) is 2. The highest BCUT2D eigenvalue weighted by atomic mass is 16.5. The molecule has 1 rings (SSSR count). The summed E-state index contributed by atoms with van der Waals surface area (Å²) in [5.74, 6) is 1.78. The van der Waals surface area contributed by atoms with Crippen LogP contribution in [0.2, 0.25) is 0 Å². The number of nitrogens with one attached hydrogen (secondary N) is 1. The first-order valence-electron chi connectivity index (χ1n) is 5.87. The summed E-state index contributed by atoms with van der Waals surface area (Å²) in [6.45, 7) is 5.47. The maximum Gasteiger partial charge on any atom is 0.137 e. The van der Waals surface area contributed by atoms with Gasteiger partial charge in [0.15, 0.2) is 0 Å². The van der Waals surface area contributed by atoms with Gasteiger partial charge in [-0.15, -0.1) is 6.58 Å². The molecule has 3 heteroatoms. The molecule has 0 amide bonds. The number of quaternary nitrogens is 1. The van der Waals surface area contributed by atoms with Crippen LogP contribution in [0, 0.1) is 0 Å². The zero-order valence-electron chi connectivity index (χ0n) is 11.0. The number of rotatable bonds is 7. The fourth-order valence-corrected chi connectivity index (χ4v) is 1.50. The zero-order valence-corrected chi connectivity index (χ0v) is 11.0. The molecule has 3 nitrogen and oxygen atoms in total. The van der Waals surface area contributed by atoms with Crippen LogP contribution in [0.3, 0.4) is 0 Å². The van der Waals surface area contributed by atoms with Crippen LogP contribution >= 0.6 is 0 Å². The Kier molecular flexibility index (Phi) is 5.57. The lowest BCUT2D eigenvalue weighted by atomic mass is 10.1. The van der Waals surface area contributed by atoms with Crippen LogP contribution < -0.4 is 14.4 Å². The number of allylic oxidation sites excluding steroid dienone is 1. The van der Waals surface area contributed by atoms with Gasteiger partial charge in [-0.25, -0.2) is 0 Å². The van der Waals surface area contributed by atoms with Crippen molar-refractivity contribution in [3.8, 4) is 11.5 Å². The van der Waals surface area contributed by atoms with Gasteiger partial charge in [-0.2, -0.15) is 0 Å². The molecule has 94 valence electrons. The molecule has 0 saturated carbocycles. The topological polar surface area (TPSA) is 22.9 Å². The molecule has 0 aliphatic heterocycles. The molecule has 0 aliphatic rings. The number of benzene rings is 1. The van der Waals surface area contributed by atoms with Gasteiger partial charge in [0.2, 0.25) is 0 Å². The standard InChI is InChI=1S/C14H21NO2/c1-5-6-12-11-13(16-4)7-8-14(12)17-10-9-15(2)3/h5,7-8,11H,1,6,9-10H2,2-4H3/p+1. The predicted molar refractivity (Wildman–Crippen MR) is 70.1 cm³/mol. The molecule has 0 unspecified atom stereocenters.